The summed E-state index contributed by atoms with van der Waals surface area (Å²) in [6.45, 7) is 0.0933. The summed E-state index contributed by atoms with van der Waals surface area (Å²) in [5, 5.41) is 12.6. The van der Waals surface area contributed by atoms with Crippen LogP contribution in [-0.4, -0.2) is 9.78 Å². The highest BCUT2D eigenvalue weighted by Gasteiger charge is 2.34. The van der Waals surface area contributed by atoms with E-state index in [0.717, 1.165) is 6.07 Å². The first-order valence-corrected chi connectivity index (χ1v) is 9.03. The van der Waals surface area contributed by atoms with E-state index in [1.54, 1.807) is 48.5 Å². The zero-order chi connectivity index (χ0) is 22.6. The number of hydrogen-bond donors (Lipinski definition) is 3. The molecule has 3 rings (SSSR count). The molecule has 0 bridgehead atoms. The van der Waals surface area contributed by atoms with Crippen molar-refractivity contribution in [2.24, 2.45) is 18.6 Å². The van der Waals surface area contributed by atoms with Crippen molar-refractivity contribution in [3.63, 3.8) is 0 Å². The van der Waals surface area contributed by atoms with Crippen LogP contribution in [0.5, 0.6) is 5.75 Å². The summed E-state index contributed by atoms with van der Waals surface area (Å²) >= 11 is 0. The predicted molar refractivity (Wildman–Crippen MR) is 108 cm³/mol. The second-order valence-corrected chi connectivity index (χ2v) is 6.55. The highest BCUT2D eigenvalue weighted by Crippen LogP contribution is 2.33. The second kappa shape index (κ2) is 8.81. The van der Waals surface area contributed by atoms with Crippen LogP contribution in [0.4, 0.5) is 13.2 Å². The molecule has 0 spiro atoms. The van der Waals surface area contributed by atoms with Gasteiger partial charge in [0, 0.05) is 18.2 Å². The normalized spacial score (nSPS) is 12.1. The molecule has 10 heteroatoms. The second-order valence-electron chi connectivity index (χ2n) is 6.55. The first-order chi connectivity index (χ1) is 14.7. The zero-order valence-electron chi connectivity index (χ0n) is 16.4. The van der Waals surface area contributed by atoms with Crippen molar-refractivity contribution in [2.75, 3.05) is 0 Å². The number of aromatic nitrogens is 2. The van der Waals surface area contributed by atoms with Gasteiger partial charge in [0.25, 0.3) is 0 Å². The summed E-state index contributed by atoms with van der Waals surface area (Å²) in [4.78, 5) is 0. The van der Waals surface area contributed by atoms with E-state index in [4.69, 9.17) is 21.6 Å². The maximum Gasteiger partial charge on any atom is 0.435 e. The zero-order valence-corrected chi connectivity index (χ0v) is 16.4. The number of halogens is 3. The largest absolute Gasteiger partial charge is 0.489 e. The monoisotopic (exact) mass is 428 g/mol. The van der Waals surface area contributed by atoms with Crippen molar-refractivity contribution in [3.8, 4) is 23.1 Å². The Labute approximate surface area is 176 Å². The number of rotatable bonds is 6. The standard InChI is InChI=1S/C21H19F3N6O/c1-30-18(10-19(29-30)21(22,23)24)16-8-3-2-5-14(16)12-31-15-7-4-6-13(9-15)20(26)17(11-25)28-27/h2-10,28H,12,26-27H2,1H3/b20-17-. The van der Waals surface area contributed by atoms with Crippen molar-refractivity contribution < 1.29 is 17.9 Å². The molecule has 0 saturated carbocycles. The molecular formula is C21H19F3N6O. The molecule has 0 aliphatic rings. The first kappa shape index (κ1) is 21.7. The molecule has 0 fully saturated rings. The van der Waals surface area contributed by atoms with Crippen LogP contribution < -0.4 is 21.7 Å². The number of alkyl halides is 3. The fourth-order valence-electron chi connectivity index (χ4n) is 2.98. The average Bonchev–Trinajstić information content (AvgIpc) is 3.15. The van der Waals surface area contributed by atoms with Crippen LogP contribution in [-0.2, 0) is 19.8 Å². The van der Waals surface area contributed by atoms with Gasteiger partial charge < -0.3 is 15.9 Å². The number of nitrogens with one attached hydrogen (secondary N) is 1. The molecule has 7 nitrogen and oxygen atoms in total. The lowest BCUT2D eigenvalue weighted by Gasteiger charge is -2.12. The number of hydrogen-bond acceptors (Lipinski definition) is 6. The van der Waals surface area contributed by atoms with E-state index in [-0.39, 0.29) is 18.0 Å². The summed E-state index contributed by atoms with van der Waals surface area (Å²) in [6, 6.07) is 16.6. The van der Waals surface area contributed by atoms with Crippen LogP contribution >= 0.6 is 0 Å². The molecule has 2 aromatic carbocycles. The number of ether oxygens (including phenoxy) is 1. The van der Waals surface area contributed by atoms with Crippen molar-refractivity contribution >= 4 is 5.70 Å². The van der Waals surface area contributed by atoms with Crippen molar-refractivity contribution in [2.45, 2.75) is 12.8 Å². The molecule has 0 atom stereocenters. The van der Waals surface area contributed by atoms with E-state index in [0.29, 0.717) is 28.1 Å². The molecule has 0 aliphatic carbocycles. The lowest BCUT2D eigenvalue weighted by atomic mass is 10.0. The van der Waals surface area contributed by atoms with E-state index < -0.39 is 11.9 Å². The van der Waals surface area contributed by atoms with Gasteiger partial charge in [-0.2, -0.15) is 23.5 Å². The fraction of sp³-hybridized carbons (Fsp3) is 0.143. The molecular weight excluding hydrogens is 409 g/mol. The van der Waals surface area contributed by atoms with E-state index in [2.05, 4.69) is 10.5 Å². The van der Waals surface area contributed by atoms with Gasteiger partial charge in [-0.25, -0.2) is 5.84 Å². The highest BCUT2D eigenvalue weighted by molar-refractivity contribution is 5.69. The van der Waals surface area contributed by atoms with Gasteiger partial charge in [0.15, 0.2) is 11.4 Å². The van der Waals surface area contributed by atoms with E-state index >= 15 is 0 Å². The van der Waals surface area contributed by atoms with Crippen LogP contribution in [0.2, 0.25) is 0 Å². The van der Waals surface area contributed by atoms with Crippen LogP contribution in [0.3, 0.4) is 0 Å². The van der Waals surface area contributed by atoms with Gasteiger partial charge >= 0.3 is 6.18 Å². The SMILES string of the molecule is Cn1nc(C(F)(F)F)cc1-c1ccccc1COc1cccc(/C(N)=C(\C#N)NN)c1. The van der Waals surface area contributed by atoms with Gasteiger partial charge in [0.1, 0.15) is 18.4 Å². The highest BCUT2D eigenvalue weighted by atomic mass is 19.4. The predicted octanol–water partition coefficient (Wildman–Crippen LogP) is 3.30. The Morgan fingerprint density at radius 3 is 2.58 bits per heavy atom. The van der Waals surface area contributed by atoms with Gasteiger partial charge in [-0.15, -0.1) is 0 Å². The summed E-state index contributed by atoms with van der Waals surface area (Å²) < 4.78 is 46.1. The van der Waals surface area contributed by atoms with Crippen molar-refractivity contribution in [1.29, 1.82) is 5.26 Å². The number of hydrazine groups is 1. The molecule has 160 valence electrons. The van der Waals surface area contributed by atoms with Gasteiger partial charge in [0.2, 0.25) is 0 Å². The van der Waals surface area contributed by atoms with E-state index in [1.165, 1.54) is 11.7 Å². The molecule has 1 aromatic heterocycles. The number of benzene rings is 2. The minimum Gasteiger partial charge on any atom is -0.489 e. The molecule has 3 aromatic rings. The molecule has 5 N–H and O–H groups in total. The topological polar surface area (TPSA) is 115 Å². The Hall–Kier alpha value is -3.97. The Morgan fingerprint density at radius 1 is 1.19 bits per heavy atom. The summed E-state index contributed by atoms with van der Waals surface area (Å²) in [5.41, 5.74) is 9.49. The quantitative estimate of drug-likeness (QED) is 0.315. The maximum absolute atomic E-state index is 13.0. The smallest absolute Gasteiger partial charge is 0.435 e. The number of nitrogens with zero attached hydrogens (tertiary/aromatic N) is 3. The van der Waals surface area contributed by atoms with Gasteiger partial charge in [-0.3, -0.25) is 4.68 Å². The lowest BCUT2D eigenvalue weighted by Crippen LogP contribution is -2.23. The van der Waals surface area contributed by atoms with Crippen LogP contribution in [0.25, 0.3) is 17.0 Å². The summed E-state index contributed by atoms with van der Waals surface area (Å²) in [6.07, 6.45) is -4.53. The Bertz CT molecular complexity index is 1160. The van der Waals surface area contributed by atoms with Gasteiger partial charge in [-0.1, -0.05) is 36.4 Å². The van der Waals surface area contributed by atoms with Crippen LogP contribution in [0.1, 0.15) is 16.8 Å². The lowest BCUT2D eigenvalue weighted by molar-refractivity contribution is -0.141. The molecule has 1 heterocycles. The Balaban J connectivity index is 1.87. The number of nitrogens with two attached hydrogens (primary N) is 2. The third-order valence-corrected chi connectivity index (χ3v) is 4.53. The number of nitriles is 1. The molecule has 0 saturated heterocycles. The number of aryl methyl sites for hydroxylation is 1. The average molecular weight is 428 g/mol. The van der Waals surface area contributed by atoms with Crippen molar-refractivity contribution in [1.82, 2.24) is 15.2 Å². The number of allylic oxidation sites excluding steroid dienone is 1. The molecule has 0 aliphatic heterocycles. The van der Waals surface area contributed by atoms with Gasteiger partial charge in [-0.05, 0) is 23.8 Å². The Kier molecular flexibility index (Phi) is 6.17. The molecule has 31 heavy (non-hydrogen) atoms. The van der Waals surface area contributed by atoms with Crippen LogP contribution in [0.15, 0.2) is 60.3 Å². The minimum atomic E-state index is -4.53. The van der Waals surface area contributed by atoms with E-state index in [9.17, 15) is 13.2 Å². The Morgan fingerprint density at radius 2 is 1.94 bits per heavy atom. The third kappa shape index (κ3) is 4.79. The summed E-state index contributed by atoms with van der Waals surface area (Å²) in [5.74, 6) is 5.75. The van der Waals surface area contributed by atoms with Gasteiger partial charge in [0.05, 0.1) is 11.4 Å². The van der Waals surface area contributed by atoms with E-state index in [1.807, 2.05) is 6.07 Å². The van der Waals surface area contributed by atoms with Crippen LogP contribution in [0, 0.1) is 11.3 Å². The molecule has 0 radical (unpaired) electrons. The maximum atomic E-state index is 13.0. The summed E-state index contributed by atoms with van der Waals surface area (Å²) in [7, 11) is 1.46. The fourth-order valence-corrected chi connectivity index (χ4v) is 2.98. The minimum absolute atomic E-state index is 0.0131. The first-order valence-electron chi connectivity index (χ1n) is 9.03. The third-order valence-electron chi connectivity index (χ3n) is 4.53. The molecule has 0 amide bonds. The van der Waals surface area contributed by atoms with Crippen molar-refractivity contribution in [3.05, 3.63) is 77.1 Å². The molecule has 0 unspecified atom stereocenters.